The highest BCUT2D eigenvalue weighted by atomic mass is 16.5. The minimum absolute atomic E-state index is 0.0187. The SMILES string of the molecule is CCOc1cccc(C(=O)O)c1OCCC(=O)NC(C)C. The summed E-state index contributed by atoms with van der Waals surface area (Å²) in [6, 6.07) is 4.73. The first-order valence-electron chi connectivity index (χ1n) is 6.87. The van der Waals surface area contributed by atoms with E-state index >= 15 is 0 Å². The molecule has 0 atom stereocenters. The molecule has 2 N–H and O–H groups in total. The van der Waals surface area contributed by atoms with E-state index in [1.807, 2.05) is 13.8 Å². The largest absolute Gasteiger partial charge is 0.490 e. The molecule has 0 aliphatic carbocycles. The second-order valence-electron chi connectivity index (χ2n) is 4.69. The van der Waals surface area contributed by atoms with E-state index in [-0.39, 0.29) is 36.3 Å². The lowest BCUT2D eigenvalue weighted by Crippen LogP contribution is -2.31. The fourth-order valence-corrected chi connectivity index (χ4v) is 1.74. The monoisotopic (exact) mass is 295 g/mol. The van der Waals surface area contributed by atoms with Gasteiger partial charge in [-0.15, -0.1) is 0 Å². The van der Waals surface area contributed by atoms with E-state index in [9.17, 15) is 14.7 Å². The first-order chi connectivity index (χ1) is 9.95. The van der Waals surface area contributed by atoms with Crippen molar-refractivity contribution in [2.24, 2.45) is 0 Å². The average Bonchev–Trinajstić information content (AvgIpc) is 2.39. The molecule has 21 heavy (non-hydrogen) atoms. The van der Waals surface area contributed by atoms with E-state index in [1.165, 1.54) is 6.07 Å². The molecule has 1 aromatic carbocycles. The summed E-state index contributed by atoms with van der Waals surface area (Å²) in [5.74, 6) is -0.722. The van der Waals surface area contributed by atoms with Gasteiger partial charge in [0.2, 0.25) is 5.91 Å². The van der Waals surface area contributed by atoms with Gasteiger partial charge in [0.05, 0.1) is 19.6 Å². The van der Waals surface area contributed by atoms with Gasteiger partial charge >= 0.3 is 5.97 Å². The van der Waals surface area contributed by atoms with E-state index in [0.29, 0.717) is 12.4 Å². The van der Waals surface area contributed by atoms with Crippen molar-refractivity contribution >= 4 is 11.9 Å². The van der Waals surface area contributed by atoms with Crippen LogP contribution in [0.25, 0.3) is 0 Å². The van der Waals surface area contributed by atoms with Crippen LogP contribution >= 0.6 is 0 Å². The molecule has 0 aromatic heterocycles. The number of carboxylic acids is 1. The number of carbonyl (C=O) groups is 2. The van der Waals surface area contributed by atoms with Crippen molar-refractivity contribution < 1.29 is 24.2 Å². The van der Waals surface area contributed by atoms with Crippen LogP contribution in [0, 0.1) is 0 Å². The Morgan fingerprint density at radius 1 is 1.29 bits per heavy atom. The zero-order chi connectivity index (χ0) is 15.8. The van der Waals surface area contributed by atoms with Crippen molar-refractivity contribution in [1.29, 1.82) is 0 Å². The van der Waals surface area contributed by atoms with Crippen molar-refractivity contribution in [1.82, 2.24) is 5.32 Å². The van der Waals surface area contributed by atoms with Gasteiger partial charge in [0.25, 0.3) is 0 Å². The van der Waals surface area contributed by atoms with Crippen LogP contribution in [0.5, 0.6) is 11.5 Å². The number of para-hydroxylation sites is 1. The maximum Gasteiger partial charge on any atom is 0.339 e. The Morgan fingerprint density at radius 3 is 2.57 bits per heavy atom. The van der Waals surface area contributed by atoms with Gasteiger partial charge in [-0.25, -0.2) is 4.79 Å². The average molecular weight is 295 g/mol. The molecule has 0 saturated heterocycles. The first kappa shape index (κ1) is 16.8. The number of amides is 1. The van der Waals surface area contributed by atoms with Crippen LogP contribution in [-0.4, -0.2) is 36.2 Å². The van der Waals surface area contributed by atoms with Crippen LogP contribution in [0.1, 0.15) is 37.6 Å². The molecular formula is C15H21NO5. The Morgan fingerprint density at radius 2 is 2.00 bits per heavy atom. The molecule has 6 heteroatoms. The van der Waals surface area contributed by atoms with E-state index in [4.69, 9.17) is 9.47 Å². The Balaban J connectivity index is 2.76. The number of rotatable bonds is 8. The molecule has 0 saturated carbocycles. The van der Waals surface area contributed by atoms with Gasteiger partial charge in [0, 0.05) is 6.04 Å². The summed E-state index contributed by atoms with van der Waals surface area (Å²) < 4.78 is 10.8. The van der Waals surface area contributed by atoms with Crippen molar-refractivity contribution in [3.8, 4) is 11.5 Å². The second-order valence-corrected chi connectivity index (χ2v) is 4.69. The normalized spacial score (nSPS) is 10.3. The van der Waals surface area contributed by atoms with Gasteiger partial charge in [0.15, 0.2) is 11.5 Å². The van der Waals surface area contributed by atoms with Gasteiger partial charge in [0.1, 0.15) is 5.56 Å². The third-order valence-electron chi connectivity index (χ3n) is 2.53. The van der Waals surface area contributed by atoms with Crippen molar-refractivity contribution in [3.05, 3.63) is 23.8 Å². The number of hydrogen-bond acceptors (Lipinski definition) is 4. The molecule has 1 amide bonds. The van der Waals surface area contributed by atoms with Gasteiger partial charge in [-0.2, -0.15) is 0 Å². The fraction of sp³-hybridized carbons (Fsp3) is 0.467. The minimum atomic E-state index is -1.10. The minimum Gasteiger partial charge on any atom is -0.490 e. The summed E-state index contributed by atoms with van der Waals surface area (Å²) >= 11 is 0. The molecule has 0 aliphatic heterocycles. The summed E-state index contributed by atoms with van der Waals surface area (Å²) in [5, 5.41) is 11.9. The number of aromatic carboxylic acids is 1. The van der Waals surface area contributed by atoms with Gasteiger partial charge in [-0.1, -0.05) is 6.07 Å². The second kappa shape index (κ2) is 8.14. The Kier molecular flexibility index (Phi) is 6.52. The summed E-state index contributed by atoms with van der Waals surface area (Å²) in [6.07, 6.45) is 0.150. The van der Waals surface area contributed by atoms with Crippen molar-refractivity contribution in [2.75, 3.05) is 13.2 Å². The quantitative estimate of drug-likeness (QED) is 0.767. The van der Waals surface area contributed by atoms with E-state index in [2.05, 4.69) is 5.32 Å². The standard InChI is InChI=1S/C15H21NO5/c1-4-20-12-7-5-6-11(15(18)19)14(12)21-9-8-13(17)16-10(2)3/h5-7,10H,4,8-9H2,1-3H3,(H,16,17)(H,18,19). The summed E-state index contributed by atoms with van der Waals surface area (Å²) in [5.41, 5.74) is 0.0187. The summed E-state index contributed by atoms with van der Waals surface area (Å²) in [7, 11) is 0. The number of ether oxygens (including phenoxy) is 2. The van der Waals surface area contributed by atoms with Gasteiger partial charge < -0.3 is 19.9 Å². The molecule has 0 spiro atoms. The highest BCUT2D eigenvalue weighted by molar-refractivity contribution is 5.92. The number of carbonyl (C=O) groups excluding carboxylic acids is 1. The molecule has 6 nitrogen and oxygen atoms in total. The Labute approximate surface area is 124 Å². The van der Waals surface area contributed by atoms with Gasteiger partial charge in [-0.3, -0.25) is 4.79 Å². The summed E-state index contributed by atoms with van der Waals surface area (Å²) in [6.45, 7) is 6.01. The Hall–Kier alpha value is -2.24. The predicted molar refractivity (Wildman–Crippen MR) is 78.0 cm³/mol. The van der Waals surface area contributed by atoms with Crippen LogP contribution in [-0.2, 0) is 4.79 Å². The topological polar surface area (TPSA) is 84.9 Å². The number of nitrogens with one attached hydrogen (secondary N) is 1. The third-order valence-corrected chi connectivity index (χ3v) is 2.53. The zero-order valence-corrected chi connectivity index (χ0v) is 12.5. The zero-order valence-electron chi connectivity index (χ0n) is 12.5. The number of benzene rings is 1. The highest BCUT2D eigenvalue weighted by Crippen LogP contribution is 2.31. The molecule has 0 radical (unpaired) electrons. The van der Waals surface area contributed by atoms with Crippen LogP contribution in [0.3, 0.4) is 0 Å². The molecule has 0 fully saturated rings. The molecule has 1 rings (SSSR count). The van der Waals surface area contributed by atoms with Crippen LogP contribution in [0.4, 0.5) is 0 Å². The van der Waals surface area contributed by atoms with Crippen molar-refractivity contribution in [2.45, 2.75) is 33.2 Å². The van der Waals surface area contributed by atoms with Crippen LogP contribution in [0.15, 0.2) is 18.2 Å². The lowest BCUT2D eigenvalue weighted by molar-refractivity contribution is -0.122. The number of carboxylic acid groups (broad SMARTS) is 1. The van der Waals surface area contributed by atoms with Gasteiger partial charge in [-0.05, 0) is 32.9 Å². The molecule has 0 heterocycles. The van der Waals surface area contributed by atoms with Crippen LogP contribution in [0.2, 0.25) is 0 Å². The lowest BCUT2D eigenvalue weighted by Gasteiger charge is -2.14. The van der Waals surface area contributed by atoms with E-state index in [1.54, 1.807) is 19.1 Å². The third kappa shape index (κ3) is 5.33. The molecule has 0 aliphatic rings. The molecule has 116 valence electrons. The Bertz CT molecular complexity index is 499. The molecule has 0 bridgehead atoms. The predicted octanol–water partition coefficient (Wildman–Crippen LogP) is 2.08. The number of hydrogen-bond donors (Lipinski definition) is 2. The maximum absolute atomic E-state index is 11.5. The van der Waals surface area contributed by atoms with E-state index < -0.39 is 5.97 Å². The van der Waals surface area contributed by atoms with E-state index in [0.717, 1.165) is 0 Å². The van der Waals surface area contributed by atoms with Crippen molar-refractivity contribution in [3.63, 3.8) is 0 Å². The highest BCUT2D eigenvalue weighted by Gasteiger charge is 2.17. The molecular weight excluding hydrogens is 274 g/mol. The molecule has 0 unspecified atom stereocenters. The first-order valence-corrected chi connectivity index (χ1v) is 6.87. The fourth-order valence-electron chi connectivity index (χ4n) is 1.74. The maximum atomic E-state index is 11.5. The summed E-state index contributed by atoms with van der Waals surface area (Å²) in [4.78, 5) is 22.7. The van der Waals surface area contributed by atoms with Crippen LogP contribution < -0.4 is 14.8 Å². The molecule has 1 aromatic rings. The lowest BCUT2D eigenvalue weighted by atomic mass is 10.2. The smallest absolute Gasteiger partial charge is 0.339 e.